The second kappa shape index (κ2) is 15.3. The van der Waals surface area contributed by atoms with Crippen LogP contribution in [0.5, 0.6) is 0 Å². The van der Waals surface area contributed by atoms with Crippen LogP contribution in [0.25, 0.3) is 0 Å². The number of carbonyl (C=O) groups excluding carboxylic acids is 3. The van der Waals surface area contributed by atoms with Gasteiger partial charge in [0.05, 0.1) is 12.7 Å². The Bertz CT molecular complexity index is 1170. The van der Waals surface area contributed by atoms with E-state index in [4.69, 9.17) is 14.5 Å². The van der Waals surface area contributed by atoms with Crippen molar-refractivity contribution in [3.05, 3.63) is 33.1 Å². The smallest absolute Gasteiger partial charge is 0.390 e. The maximum atomic E-state index is 12.8. The third-order valence-corrected chi connectivity index (χ3v) is 6.49. The number of phosphoric acid groups is 1. The van der Waals surface area contributed by atoms with Crippen molar-refractivity contribution in [2.24, 2.45) is 0 Å². The van der Waals surface area contributed by atoms with Gasteiger partial charge in [-0.15, -0.1) is 12.6 Å². The number of amides is 3. The van der Waals surface area contributed by atoms with Gasteiger partial charge in [-0.25, -0.2) is 9.36 Å². The van der Waals surface area contributed by atoms with E-state index in [-0.39, 0.29) is 37.7 Å². The lowest BCUT2D eigenvalue weighted by molar-refractivity contribution is -0.125. The molecule has 6 N–H and O–H groups in total. The molecule has 3 amide bonds. The number of nitrogens with one attached hydrogen (secondary N) is 3. The molecule has 0 aliphatic carbocycles. The molecule has 16 nitrogen and oxygen atoms in total. The third kappa shape index (κ3) is 11.2. The minimum atomic E-state index is -4.77. The number of unbranched alkanes of at least 4 members (excludes halogenated alkanes) is 2. The highest BCUT2D eigenvalue weighted by atomic mass is 32.1. The summed E-state index contributed by atoms with van der Waals surface area (Å²) >= 11 is 3.97. The summed E-state index contributed by atoms with van der Waals surface area (Å²) in [6.07, 6.45) is -0.0984. The van der Waals surface area contributed by atoms with Crippen molar-refractivity contribution in [1.82, 2.24) is 25.1 Å². The van der Waals surface area contributed by atoms with E-state index in [1.165, 1.54) is 13.1 Å². The van der Waals surface area contributed by atoms with Gasteiger partial charge in [-0.05, 0) is 12.8 Å². The van der Waals surface area contributed by atoms with Gasteiger partial charge in [-0.2, -0.15) is 0 Å². The number of phosphoric ester groups is 1. The van der Waals surface area contributed by atoms with Crippen LogP contribution in [0, 0.1) is 0 Å². The molecule has 2 heterocycles. The normalized spacial score (nSPS) is 19.9. The number of hydrogen-bond acceptors (Lipinski definition) is 10. The molecule has 0 bridgehead atoms. The van der Waals surface area contributed by atoms with Gasteiger partial charge in [0.1, 0.15) is 12.3 Å². The van der Waals surface area contributed by atoms with Crippen LogP contribution >= 0.6 is 20.5 Å². The van der Waals surface area contributed by atoms with E-state index < -0.39 is 55.4 Å². The highest BCUT2D eigenvalue weighted by molar-refractivity contribution is 7.81. The summed E-state index contributed by atoms with van der Waals surface area (Å²) in [5.41, 5.74) is -1.34. The number of aromatic nitrogens is 2. The molecule has 1 aliphatic heterocycles. The fourth-order valence-corrected chi connectivity index (χ4v) is 4.33. The number of aliphatic hydroxyl groups excluding tert-OH is 1. The number of aliphatic hydroxyl groups is 1. The largest absolute Gasteiger partial charge is 0.469 e. The molecule has 4 unspecified atom stereocenters. The maximum Gasteiger partial charge on any atom is 0.469 e. The van der Waals surface area contributed by atoms with Crippen molar-refractivity contribution in [2.45, 2.75) is 69.4 Å². The first-order valence-corrected chi connectivity index (χ1v) is 14.2. The Kier molecular flexibility index (Phi) is 12.8. The Morgan fingerprint density at radius 2 is 1.92 bits per heavy atom. The zero-order valence-corrected chi connectivity index (χ0v) is 23.0. The molecule has 220 valence electrons. The number of hydrogen-bond donors (Lipinski definition) is 7. The molecule has 1 aromatic rings. The molecule has 39 heavy (non-hydrogen) atoms. The second-order valence-corrected chi connectivity index (χ2v) is 10.5. The molecular weight excluding hydrogens is 561 g/mol. The Balaban J connectivity index is 1.75. The number of carbonyl (C=O) groups is 3. The zero-order chi connectivity index (χ0) is 29.2. The van der Waals surface area contributed by atoms with Gasteiger partial charge in [0, 0.05) is 51.7 Å². The maximum absolute atomic E-state index is 12.8. The molecule has 1 saturated heterocycles. The van der Waals surface area contributed by atoms with E-state index in [9.17, 15) is 33.6 Å². The first-order valence-electron chi connectivity index (χ1n) is 12.1. The second-order valence-electron chi connectivity index (χ2n) is 8.77. The SMILES string of the molecule is CC(=O)NC(S)C(=O)NCCCCCC(=O)NCCn1c(=O)ccn(C2CC(O)C(COP(=O)(O)O)O2)c1=O. The summed E-state index contributed by atoms with van der Waals surface area (Å²) in [7, 11) is -4.77. The number of ether oxygens (including phenoxy) is 1. The van der Waals surface area contributed by atoms with Crippen molar-refractivity contribution in [3.63, 3.8) is 0 Å². The summed E-state index contributed by atoms with van der Waals surface area (Å²) in [4.78, 5) is 77.4. The topological polar surface area (TPSA) is 228 Å². The van der Waals surface area contributed by atoms with E-state index in [2.05, 4.69) is 33.1 Å². The summed E-state index contributed by atoms with van der Waals surface area (Å²) in [5, 5.41) is 16.8. The van der Waals surface area contributed by atoms with E-state index >= 15 is 0 Å². The molecule has 0 aromatic carbocycles. The van der Waals surface area contributed by atoms with Gasteiger partial charge in [-0.1, -0.05) is 6.42 Å². The van der Waals surface area contributed by atoms with Gasteiger partial charge < -0.3 is 35.6 Å². The number of nitrogens with zero attached hydrogens (tertiary/aromatic N) is 2. The van der Waals surface area contributed by atoms with Crippen LogP contribution in [-0.2, 0) is 34.8 Å². The molecule has 0 radical (unpaired) electrons. The summed E-state index contributed by atoms with van der Waals surface area (Å²) in [6.45, 7) is 0.939. The molecule has 0 saturated carbocycles. The van der Waals surface area contributed by atoms with Gasteiger partial charge in [0.25, 0.3) is 11.5 Å². The first-order chi connectivity index (χ1) is 18.3. The van der Waals surface area contributed by atoms with Crippen LogP contribution < -0.4 is 27.2 Å². The third-order valence-electron chi connectivity index (χ3n) is 5.64. The van der Waals surface area contributed by atoms with Crippen molar-refractivity contribution >= 4 is 38.2 Å². The van der Waals surface area contributed by atoms with Crippen molar-refractivity contribution in [1.29, 1.82) is 0 Å². The van der Waals surface area contributed by atoms with Crippen LogP contribution in [-0.4, -0.2) is 79.0 Å². The Labute approximate surface area is 228 Å². The molecule has 4 atom stereocenters. The Morgan fingerprint density at radius 1 is 1.21 bits per heavy atom. The average molecular weight is 596 g/mol. The number of rotatable bonds is 15. The molecular formula is C21H34N5O11PS. The quantitative estimate of drug-likeness (QED) is 0.0505. The van der Waals surface area contributed by atoms with E-state index in [1.807, 2.05) is 0 Å². The minimum absolute atomic E-state index is 0.00737. The average Bonchev–Trinajstić information content (AvgIpc) is 3.21. The van der Waals surface area contributed by atoms with Crippen molar-refractivity contribution < 1.29 is 43.1 Å². The van der Waals surface area contributed by atoms with E-state index in [1.54, 1.807) is 0 Å². The lowest BCUT2D eigenvalue weighted by Gasteiger charge is -2.17. The zero-order valence-electron chi connectivity index (χ0n) is 21.2. The van der Waals surface area contributed by atoms with Crippen LogP contribution in [0.15, 0.2) is 21.9 Å². The first kappa shape index (κ1) is 32.7. The summed E-state index contributed by atoms with van der Waals surface area (Å²) in [6, 6.07) is 1.13. The van der Waals surface area contributed by atoms with Crippen molar-refractivity contribution in [2.75, 3.05) is 19.7 Å². The minimum Gasteiger partial charge on any atom is -0.390 e. The molecule has 1 aliphatic rings. The lowest BCUT2D eigenvalue weighted by atomic mass is 10.2. The molecule has 2 rings (SSSR count). The van der Waals surface area contributed by atoms with E-state index in [0.717, 1.165) is 15.2 Å². The van der Waals surface area contributed by atoms with Gasteiger partial charge in [0.15, 0.2) is 5.37 Å². The lowest BCUT2D eigenvalue weighted by Crippen LogP contribution is -2.43. The summed E-state index contributed by atoms with van der Waals surface area (Å²) in [5.74, 6) is -1.07. The monoisotopic (exact) mass is 595 g/mol. The highest BCUT2D eigenvalue weighted by Gasteiger charge is 2.37. The van der Waals surface area contributed by atoms with Crippen LogP contribution in [0.2, 0.25) is 0 Å². The predicted molar refractivity (Wildman–Crippen MR) is 139 cm³/mol. The van der Waals surface area contributed by atoms with Gasteiger partial charge >= 0.3 is 13.5 Å². The van der Waals surface area contributed by atoms with Crippen LogP contribution in [0.1, 0.15) is 45.3 Å². The van der Waals surface area contributed by atoms with Crippen LogP contribution in [0.3, 0.4) is 0 Å². The van der Waals surface area contributed by atoms with Crippen molar-refractivity contribution in [3.8, 4) is 0 Å². The highest BCUT2D eigenvalue weighted by Crippen LogP contribution is 2.38. The van der Waals surface area contributed by atoms with E-state index in [0.29, 0.717) is 25.8 Å². The number of thiol groups is 1. The molecule has 18 heteroatoms. The van der Waals surface area contributed by atoms with Crippen LogP contribution in [0.4, 0.5) is 0 Å². The Hall–Kier alpha value is -2.53. The predicted octanol–water partition coefficient (Wildman–Crippen LogP) is -2.05. The van der Waals surface area contributed by atoms with Gasteiger partial charge in [0.2, 0.25) is 11.8 Å². The van der Waals surface area contributed by atoms with Gasteiger partial charge in [-0.3, -0.25) is 32.8 Å². The molecule has 1 fully saturated rings. The fraction of sp³-hybridized carbons (Fsp3) is 0.667. The summed E-state index contributed by atoms with van der Waals surface area (Å²) < 4.78 is 22.7. The molecule has 0 spiro atoms. The standard InChI is InChI=1S/C21H34N5O11PS/c1-13(27)24-20(39)19(31)23-7-4-2-3-5-16(29)22-8-10-25-17(30)6-9-26(21(25)32)18-11-14(28)15(37-18)12-36-38(33,34)35/h6,9,14-15,18,20,28,39H,2-5,7-8,10-12H2,1H3,(H,22,29)(H,23,31)(H,24,27)(H2,33,34,35). The fourth-order valence-electron chi connectivity index (χ4n) is 3.71. The Morgan fingerprint density at radius 3 is 2.59 bits per heavy atom. The molecule has 1 aromatic heterocycles.